The van der Waals surface area contributed by atoms with E-state index in [1.165, 1.54) is 0 Å². The number of carbonyl (C=O) groups excluding carboxylic acids is 1. The van der Waals surface area contributed by atoms with E-state index in [1.807, 2.05) is 12.1 Å². The molecule has 0 atom stereocenters. The Bertz CT molecular complexity index is 304. The summed E-state index contributed by atoms with van der Waals surface area (Å²) >= 11 is 0. The lowest BCUT2D eigenvalue weighted by Gasteiger charge is -2.03. The van der Waals surface area contributed by atoms with Crippen LogP contribution < -0.4 is 16.6 Å². The van der Waals surface area contributed by atoms with Gasteiger partial charge in [-0.15, -0.1) is 17.0 Å². The molecule has 0 bridgehead atoms. The number of hydrogen-bond acceptors (Lipinski definition) is 3. The zero-order valence-electron chi connectivity index (χ0n) is 7.91. The summed E-state index contributed by atoms with van der Waals surface area (Å²) in [6.45, 7) is 0.664. The van der Waals surface area contributed by atoms with Crippen LogP contribution in [0.2, 0.25) is 0 Å². The molecule has 0 aliphatic rings. The van der Waals surface area contributed by atoms with Gasteiger partial charge in [-0.25, -0.2) is 0 Å². The lowest BCUT2D eigenvalue weighted by Crippen LogP contribution is -2.26. The molecular weight excluding hydrogens is 246 g/mol. The number of benzene rings is 1. The molecule has 0 spiro atoms. The van der Waals surface area contributed by atoms with Crippen LogP contribution in [0.3, 0.4) is 0 Å². The van der Waals surface area contributed by atoms with Crippen LogP contribution in [0.15, 0.2) is 24.3 Å². The molecule has 0 saturated heterocycles. The first kappa shape index (κ1) is 13.1. The number of amides is 1. The number of halogens is 1. The highest BCUT2D eigenvalue weighted by atomic mass is 79.9. The van der Waals surface area contributed by atoms with E-state index in [4.69, 9.17) is 5.73 Å². The summed E-state index contributed by atoms with van der Waals surface area (Å²) in [6, 6.07) is 7.21. The van der Waals surface area contributed by atoms with Crippen molar-refractivity contribution in [3.05, 3.63) is 35.4 Å². The van der Waals surface area contributed by atoms with E-state index in [0.717, 1.165) is 5.56 Å². The van der Waals surface area contributed by atoms with Crippen molar-refractivity contribution in [2.24, 2.45) is 5.73 Å². The van der Waals surface area contributed by atoms with Crippen molar-refractivity contribution < 1.29 is 4.79 Å². The number of primary amides is 1. The number of rotatable bonds is 4. The minimum absolute atomic E-state index is 0. The highest BCUT2D eigenvalue weighted by Crippen LogP contribution is 2.03. The summed E-state index contributed by atoms with van der Waals surface area (Å²) in [7, 11) is 1.79. The monoisotopic (exact) mass is 259 g/mol. The fourth-order valence-corrected chi connectivity index (χ4v) is 1.03. The van der Waals surface area contributed by atoms with Crippen molar-refractivity contribution in [3.63, 3.8) is 0 Å². The number of carbonyl (C=O) groups is 1. The second-order valence-electron chi connectivity index (χ2n) is 2.67. The van der Waals surface area contributed by atoms with Crippen LogP contribution in [0, 0.1) is 0 Å². The van der Waals surface area contributed by atoms with Gasteiger partial charge in [0, 0.05) is 12.1 Å². The van der Waals surface area contributed by atoms with E-state index in [9.17, 15) is 4.79 Å². The van der Waals surface area contributed by atoms with Crippen LogP contribution in [-0.4, -0.2) is 13.0 Å². The third kappa shape index (κ3) is 3.87. The van der Waals surface area contributed by atoms with Gasteiger partial charge in [0.25, 0.3) is 0 Å². The Morgan fingerprint density at radius 1 is 1.50 bits per heavy atom. The molecule has 1 aromatic carbocycles. The lowest BCUT2D eigenvalue weighted by molar-refractivity contribution is 0.1000. The van der Waals surface area contributed by atoms with E-state index >= 15 is 0 Å². The Morgan fingerprint density at radius 2 is 2.21 bits per heavy atom. The first-order valence-corrected chi connectivity index (χ1v) is 4.02. The van der Waals surface area contributed by atoms with Crippen LogP contribution in [-0.2, 0) is 6.54 Å². The summed E-state index contributed by atoms with van der Waals surface area (Å²) < 4.78 is 0. The van der Waals surface area contributed by atoms with Crippen LogP contribution in [0.1, 0.15) is 15.9 Å². The van der Waals surface area contributed by atoms with Crippen molar-refractivity contribution in [2.45, 2.75) is 6.54 Å². The summed E-state index contributed by atoms with van der Waals surface area (Å²) in [6.07, 6.45) is 0. The van der Waals surface area contributed by atoms with E-state index < -0.39 is 5.91 Å². The van der Waals surface area contributed by atoms with Crippen LogP contribution in [0.25, 0.3) is 0 Å². The van der Waals surface area contributed by atoms with E-state index in [-0.39, 0.29) is 17.0 Å². The van der Waals surface area contributed by atoms with Gasteiger partial charge in [0.2, 0.25) is 5.91 Å². The van der Waals surface area contributed by atoms with Gasteiger partial charge in [-0.1, -0.05) is 12.1 Å². The Hall–Kier alpha value is -0.910. The molecule has 0 fully saturated rings. The quantitative estimate of drug-likeness (QED) is 0.694. The molecular formula is C9H14BrN3O. The standard InChI is InChI=1S/C9H13N3O.BrH/c1-11-12-6-7-3-2-4-8(5-7)9(10)13;/h2-5,11-12H,6H2,1H3,(H2,10,13);1H. The summed E-state index contributed by atoms with van der Waals surface area (Å²) in [4.78, 5) is 10.8. The molecule has 1 amide bonds. The number of nitrogens with two attached hydrogens (primary N) is 1. The molecule has 0 aromatic heterocycles. The molecule has 1 aromatic rings. The summed E-state index contributed by atoms with van der Waals surface area (Å²) in [5, 5.41) is 0. The molecule has 0 radical (unpaired) electrons. The van der Waals surface area contributed by atoms with Gasteiger partial charge in [0.15, 0.2) is 0 Å². The molecule has 1 rings (SSSR count). The first-order valence-electron chi connectivity index (χ1n) is 4.02. The van der Waals surface area contributed by atoms with E-state index in [0.29, 0.717) is 12.1 Å². The van der Waals surface area contributed by atoms with Crippen molar-refractivity contribution in [1.29, 1.82) is 0 Å². The van der Waals surface area contributed by atoms with Gasteiger partial charge in [-0.3, -0.25) is 15.6 Å². The molecule has 5 heteroatoms. The van der Waals surface area contributed by atoms with Crippen LogP contribution >= 0.6 is 17.0 Å². The SMILES string of the molecule is Br.CNNCc1cccc(C(N)=O)c1. The maximum atomic E-state index is 10.8. The first-order chi connectivity index (χ1) is 6.24. The Labute approximate surface area is 93.6 Å². The zero-order valence-corrected chi connectivity index (χ0v) is 9.62. The third-order valence-corrected chi connectivity index (χ3v) is 1.68. The molecule has 0 unspecified atom stereocenters. The molecule has 0 heterocycles. The number of hydrogen-bond donors (Lipinski definition) is 3. The predicted octanol–water partition coefficient (Wildman–Crippen LogP) is 0.587. The normalized spacial score (nSPS) is 9.21. The van der Waals surface area contributed by atoms with Gasteiger partial charge in [0.1, 0.15) is 0 Å². The molecule has 78 valence electrons. The fraction of sp³-hybridized carbons (Fsp3) is 0.222. The summed E-state index contributed by atoms with van der Waals surface area (Å²) in [5.41, 5.74) is 12.4. The smallest absolute Gasteiger partial charge is 0.248 e. The Balaban J connectivity index is 0.00000169. The second-order valence-corrected chi connectivity index (χ2v) is 2.67. The maximum absolute atomic E-state index is 10.8. The average molecular weight is 260 g/mol. The predicted molar refractivity (Wildman–Crippen MR) is 61.2 cm³/mol. The van der Waals surface area contributed by atoms with Gasteiger partial charge >= 0.3 is 0 Å². The average Bonchev–Trinajstić information content (AvgIpc) is 2.15. The molecule has 4 N–H and O–H groups in total. The Morgan fingerprint density at radius 3 is 2.79 bits per heavy atom. The molecule has 0 saturated carbocycles. The van der Waals surface area contributed by atoms with E-state index in [2.05, 4.69) is 10.9 Å². The summed E-state index contributed by atoms with van der Waals surface area (Å²) in [5.74, 6) is -0.397. The van der Waals surface area contributed by atoms with Gasteiger partial charge in [-0.05, 0) is 24.7 Å². The highest BCUT2D eigenvalue weighted by molar-refractivity contribution is 8.93. The molecule has 14 heavy (non-hydrogen) atoms. The second kappa shape index (κ2) is 6.53. The largest absolute Gasteiger partial charge is 0.366 e. The molecule has 0 aliphatic heterocycles. The lowest BCUT2D eigenvalue weighted by atomic mass is 10.1. The minimum atomic E-state index is -0.397. The minimum Gasteiger partial charge on any atom is -0.366 e. The van der Waals surface area contributed by atoms with Crippen molar-refractivity contribution in [2.75, 3.05) is 7.05 Å². The highest BCUT2D eigenvalue weighted by Gasteiger charge is 1.99. The topological polar surface area (TPSA) is 67.2 Å². The maximum Gasteiger partial charge on any atom is 0.248 e. The Kier molecular flexibility index (Phi) is 6.11. The van der Waals surface area contributed by atoms with Crippen molar-refractivity contribution in [1.82, 2.24) is 10.9 Å². The van der Waals surface area contributed by atoms with Gasteiger partial charge < -0.3 is 5.73 Å². The third-order valence-electron chi connectivity index (χ3n) is 1.68. The number of nitrogens with one attached hydrogen (secondary N) is 2. The zero-order chi connectivity index (χ0) is 9.68. The number of hydrazine groups is 1. The van der Waals surface area contributed by atoms with Crippen LogP contribution in [0.4, 0.5) is 0 Å². The van der Waals surface area contributed by atoms with Gasteiger partial charge in [-0.2, -0.15) is 0 Å². The molecule has 0 aliphatic carbocycles. The fourth-order valence-electron chi connectivity index (χ4n) is 1.03. The van der Waals surface area contributed by atoms with Crippen molar-refractivity contribution in [3.8, 4) is 0 Å². The molecule has 4 nitrogen and oxygen atoms in total. The van der Waals surface area contributed by atoms with Crippen molar-refractivity contribution >= 4 is 22.9 Å². The van der Waals surface area contributed by atoms with E-state index in [1.54, 1.807) is 19.2 Å². The van der Waals surface area contributed by atoms with Gasteiger partial charge in [0.05, 0.1) is 0 Å². The van der Waals surface area contributed by atoms with Crippen LogP contribution in [0.5, 0.6) is 0 Å².